The summed E-state index contributed by atoms with van der Waals surface area (Å²) in [4.78, 5) is 13.4. The average Bonchev–Trinajstić information content (AvgIpc) is 3.04. The average molecular weight is 358 g/mol. The van der Waals surface area contributed by atoms with Crippen molar-refractivity contribution < 1.29 is 21.6 Å². The molecule has 0 bridgehead atoms. The van der Waals surface area contributed by atoms with Crippen LogP contribution in [-0.4, -0.2) is 46.8 Å². The lowest BCUT2D eigenvalue weighted by Gasteiger charge is -2.16. The number of nitrogens with one attached hydrogen (secondary N) is 1. The zero-order valence-corrected chi connectivity index (χ0v) is 14.1. The molecule has 1 amide bonds. The van der Waals surface area contributed by atoms with Gasteiger partial charge in [-0.15, -0.1) is 0 Å². The molecule has 1 N–H and O–H groups in total. The normalized spacial score (nSPS) is 24.3. The van der Waals surface area contributed by atoms with Gasteiger partial charge in [0.1, 0.15) is 0 Å². The summed E-state index contributed by atoms with van der Waals surface area (Å²) < 4.78 is 49.9. The minimum Gasteiger partial charge on any atom is -0.312 e. The van der Waals surface area contributed by atoms with E-state index in [1.807, 2.05) is 0 Å². The minimum absolute atomic E-state index is 0.0101. The molecule has 1 aromatic rings. The van der Waals surface area contributed by atoms with Gasteiger partial charge in [-0.05, 0) is 37.1 Å². The molecule has 1 aromatic carbocycles. The fourth-order valence-electron chi connectivity index (χ4n) is 2.90. The molecule has 2 aliphatic heterocycles. The summed E-state index contributed by atoms with van der Waals surface area (Å²) in [5, 5.41) is 0. The van der Waals surface area contributed by atoms with E-state index in [4.69, 9.17) is 0 Å². The van der Waals surface area contributed by atoms with Gasteiger partial charge in [-0.3, -0.25) is 4.79 Å². The Balaban J connectivity index is 1.74. The Labute approximate surface area is 135 Å². The number of hydrogen-bond donors (Lipinski definition) is 1. The Bertz CT molecular complexity index is 815. The molecule has 1 atom stereocenters. The van der Waals surface area contributed by atoms with E-state index in [1.54, 1.807) is 17.0 Å². The van der Waals surface area contributed by atoms with Crippen LogP contribution < -0.4 is 9.62 Å². The maximum atomic E-state index is 12.3. The summed E-state index contributed by atoms with van der Waals surface area (Å²) in [6.07, 6.45) is 1.61. The topological polar surface area (TPSA) is 101 Å². The number of sulfonamides is 1. The number of anilines is 1. The van der Waals surface area contributed by atoms with Crippen molar-refractivity contribution in [2.75, 3.05) is 23.0 Å². The third-order valence-electron chi connectivity index (χ3n) is 4.09. The van der Waals surface area contributed by atoms with Crippen molar-refractivity contribution in [1.82, 2.24) is 4.72 Å². The first kappa shape index (κ1) is 16.4. The van der Waals surface area contributed by atoms with E-state index < -0.39 is 25.9 Å². The molecule has 23 heavy (non-hydrogen) atoms. The first-order chi connectivity index (χ1) is 10.8. The highest BCUT2D eigenvalue weighted by atomic mass is 32.2. The van der Waals surface area contributed by atoms with Crippen LogP contribution in [0.2, 0.25) is 0 Å². The quantitative estimate of drug-likeness (QED) is 0.833. The van der Waals surface area contributed by atoms with Crippen molar-refractivity contribution in [3.63, 3.8) is 0 Å². The van der Waals surface area contributed by atoms with Gasteiger partial charge in [0.15, 0.2) is 9.84 Å². The maximum Gasteiger partial charge on any atom is 0.240 e. The Morgan fingerprint density at radius 1 is 1.17 bits per heavy atom. The minimum atomic E-state index is -3.77. The summed E-state index contributed by atoms with van der Waals surface area (Å²) in [5.74, 6) is -0.113. The van der Waals surface area contributed by atoms with Gasteiger partial charge < -0.3 is 4.90 Å². The molecule has 0 spiro atoms. The summed E-state index contributed by atoms with van der Waals surface area (Å²) in [6.45, 7) is 0.642. The molecular formula is C14H18N2O5S2. The van der Waals surface area contributed by atoms with E-state index in [0.717, 1.165) is 6.42 Å². The molecule has 3 rings (SSSR count). The molecule has 9 heteroatoms. The van der Waals surface area contributed by atoms with E-state index in [-0.39, 0.29) is 22.3 Å². The Morgan fingerprint density at radius 2 is 1.87 bits per heavy atom. The van der Waals surface area contributed by atoms with E-state index in [9.17, 15) is 21.6 Å². The molecule has 2 fully saturated rings. The molecular weight excluding hydrogens is 340 g/mol. The smallest absolute Gasteiger partial charge is 0.240 e. The number of carbonyl (C=O) groups excluding carboxylic acids is 1. The maximum absolute atomic E-state index is 12.3. The van der Waals surface area contributed by atoms with Crippen molar-refractivity contribution in [2.24, 2.45) is 0 Å². The number of nitrogens with zero attached hydrogens (tertiary/aromatic N) is 1. The highest BCUT2D eigenvalue weighted by Crippen LogP contribution is 2.23. The number of rotatable bonds is 4. The highest BCUT2D eigenvalue weighted by Gasteiger charge is 2.31. The summed E-state index contributed by atoms with van der Waals surface area (Å²) >= 11 is 0. The van der Waals surface area contributed by atoms with Gasteiger partial charge in [0.05, 0.1) is 16.4 Å². The van der Waals surface area contributed by atoms with Crippen LogP contribution in [0, 0.1) is 0 Å². The largest absolute Gasteiger partial charge is 0.312 e. The Hall–Kier alpha value is -1.45. The van der Waals surface area contributed by atoms with Crippen LogP contribution in [0.15, 0.2) is 29.2 Å². The van der Waals surface area contributed by atoms with Crippen molar-refractivity contribution in [1.29, 1.82) is 0 Å². The van der Waals surface area contributed by atoms with E-state index in [2.05, 4.69) is 4.72 Å². The van der Waals surface area contributed by atoms with Gasteiger partial charge in [-0.1, -0.05) is 0 Å². The SMILES string of the molecule is O=C1CCCN1c1ccc(S(=O)(=O)NC2CCS(=O)(=O)C2)cc1. The van der Waals surface area contributed by atoms with Crippen molar-refractivity contribution in [3.05, 3.63) is 24.3 Å². The number of benzene rings is 1. The van der Waals surface area contributed by atoms with Crippen LogP contribution in [0.3, 0.4) is 0 Å². The fraction of sp³-hybridized carbons (Fsp3) is 0.500. The second-order valence-corrected chi connectivity index (χ2v) is 9.81. The lowest BCUT2D eigenvalue weighted by atomic mass is 10.3. The number of amides is 1. The lowest BCUT2D eigenvalue weighted by Crippen LogP contribution is -2.35. The van der Waals surface area contributed by atoms with Gasteiger partial charge in [0, 0.05) is 24.7 Å². The monoisotopic (exact) mass is 358 g/mol. The van der Waals surface area contributed by atoms with E-state index >= 15 is 0 Å². The second kappa shape index (κ2) is 5.88. The summed E-state index contributed by atoms with van der Waals surface area (Å²) in [5.41, 5.74) is 0.676. The number of carbonyl (C=O) groups is 1. The molecule has 7 nitrogen and oxygen atoms in total. The number of sulfone groups is 1. The zero-order valence-electron chi connectivity index (χ0n) is 12.4. The molecule has 0 radical (unpaired) electrons. The van der Waals surface area contributed by atoms with Gasteiger partial charge >= 0.3 is 0 Å². The molecule has 0 aromatic heterocycles. The predicted octanol–water partition coefficient (Wildman–Crippen LogP) is 0.279. The molecule has 2 heterocycles. The molecule has 0 aliphatic carbocycles. The standard InChI is InChI=1S/C14H18N2O5S2/c17-14-2-1-8-16(14)12-3-5-13(6-4-12)23(20,21)15-11-7-9-22(18,19)10-11/h3-6,11,15H,1-2,7-10H2. The number of hydrogen-bond acceptors (Lipinski definition) is 5. The Morgan fingerprint density at radius 3 is 2.39 bits per heavy atom. The Kier molecular flexibility index (Phi) is 4.19. The summed E-state index contributed by atoms with van der Waals surface area (Å²) in [7, 11) is -6.91. The zero-order chi connectivity index (χ0) is 16.7. The van der Waals surface area contributed by atoms with Gasteiger partial charge in [-0.25, -0.2) is 21.6 Å². The lowest BCUT2D eigenvalue weighted by molar-refractivity contribution is -0.117. The van der Waals surface area contributed by atoms with E-state index in [1.165, 1.54) is 12.1 Å². The summed E-state index contributed by atoms with van der Waals surface area (Å²) in [6, 6.07) is 5.50. The van der Waals surface area contributed by atoms with Gasteiger partial charge in [-0.2, -0.15) is 0 Å². The predicted molar refractivity (Wildman–Crippen MR) is 85.4 cm³/mol. The molecule has 0 saturated carbocycles. The van der Waals surface area contributed by atoms with Crippen LogP contribution in [0.5, 0.6) is 0 Å². The third-order valence-corrected chi connectivity index (χ3v) is 7.39. The third kappa shape index (κ3) is 3.56. The molecule has 126 valence electrons. The van der Waals surface area contributed by atoms with Crippen molar-refractivity contribution in [3.8, 4) is 0 Å². The molecule has 2 aliphatic rings. The van der Waals surface area contributed by atoms with Crippen LogP contribution >= 0.6 is 0 Å². The van der Waals surface area contributed by atoms with E-state index in [0.29, 0.717) is 25.1 Å². The van der Waals surface area contributed by atoms with Crippen LogP contribution in [0.4, 0.5) is 5.69 Å². The van der Waals surface area contributed by atoms with Crippen molar-refractivity contribution >= 4 is 31.5 Å². The van der Waals surface area contributed by atoms with Crippen molar-refractivity contribution in [2.45, 2.75) is 30.2 Å². The van der Waals surface area contributed by atoms with Gasteiger partial charge in [0.25, 0.3) is 0 Å². The van der Waals surface area contributed by atoms with Gasteiger partial charge in [0.2, 0.25) is 15.9 Å². The highest BCUT2D eigenvalue weighted by molar-refractivity contribution is 7.92. The van der Waals surface area contributed by atoms with Crippen LogP contribution in [-0.2, 0) is 24.7 Å². The first-order valence-electron chi connectivity index (χ1n) is 7.40. The first-order valence-corrected chi connectivity index (χ1v) is 10.7. The van der Waals surface area contributed by atoms with Crippen LogP contribution in [0.1, 0.15) is 19.3 Å². The second-order valence-electron chi connectivity index (χ2n) is 5.86. The molecule has 1 unspecified atom stereocenters. The molecule has 2 saturated heterocycles. The fourth-order valence-corrected chi connectivity index (χ4v) is 5.95. The van der Waals surface area contributed by atoms with Crippen LogP contribution in [0.25, 0.3) is 0 Å².